The summed E-state index contributed by atoms with van der Waals surface area (Å²) in [4.78, 5) is 26.7. The van der Waals surface area contributed by atoms with Crippen molar-refractivity contribution in [3.05, 3.63) is 71.4 Å². The smallest absolute Gasteiger partial charge is 0.414 e. The Labute approximate surface area is 175 Å². The number of hydrogen-bond donors (Lipinski definition) is 3. The highest BCUT2D eigenvalue weighted by molar-refractivity contribution is 6.27. The van der Waals surface area contributed by atoms with E-state index in [0.717, 1.165) is 39.3 Å². The van der Waals surface area contributed by atoms with Gasteiger partial charge in [0.2, 0.25) is 0 Å². The molecule has 0 unspecified atom stereocenters. The summed E-state index contributed by atoms with van der Waals surface area (Å²) in [6.07, 6.45) is 2.17. The summed E-state index contributed by atoms with van der Waals surface area (Å²) in [5.41, 5.74) is 5.52. The average molecular weight is 409 g/mol. The third-order valence-electron chi connectivity index (χ3n) is 5.37. The maximum atomic E-state index is 9.10. The molecule has 0 bridgehead atoms. The lowest BCUT2D eigenvalue weighted by molar-refractivity contribution is -0.159. The third kappa shape index (κ3) is 5.68. The Morgan fingerprint density at radius 1 is 0.833 bits per heavy atom. The van der Waals surface area contributed by atoms with Gasteiger partial charge in [0.25, 0.3) is 0 Å². The molecule has 30 heavy (non-hydrogen) atoms. The molecule has 1 fully saturated rings. The summed E-state index contributed by atoms with van der Waals surface area (Å²) in [5.74, 6) is -3.65. The van der Waals surface area contributed by atoms with Gasteiger partial charge in [-0.25, -0.2) is 9.59 Å². The maximum Gasteiger partial charge on any atom is 0.414 e. The monoisotopic (exact) mass is 409 g/mol. The number of para-hydroxylation sites is 1. The van der Waals surface area contributed by atoms with E-state index in [9.17, 15) is 0 Å². The van der Waals surface area contributed by atoms with Crippen molar-refractivity contribution in [1.82, 2.24) is 14.8 Å². The molecule has 1 saturated heterocycles. The molecule has 0 saturated carbocycles. The second kappa shape index (κ2) is 10.0. The van der Waals surface area contributed by atoms with Crippen molar-refractivity contribution in [1.29, 1.82) is 0 Å². The van der Waals surface area contributed by atoms with Crippen molar-refractivity contribution in [2.75, 3.05) is 26.2 Å². The van der Waals surface area contributed by atoms with Crippen molar-refractivity contribution in [3.63, 3.8) is 0 Å². The lowest BCUT2D eigenvalue weighted by atomic mass is 10.1. The van der Waals surface area contributed by atoms with Gasteiger partial charge >= 0.3 is 11.9 Å². The number of H-pyrrole nitrogens is 1. The van der Waals surface area contributed by atoms with Crippen LogP contribution in [0.5, 0.6) is 0 Å². The second-order valence-corrected chi connectivity index (χ2v) is 7.45. The van der Waals surface area contributed by atoms with Crippen LogP contribution in [0.25, 0.3) is 10.9 Å². The Morgan fingerprint density at radius 2 is 1.37 bits per heavy atom. The summed E-state index contributed by atoms with van der Waals surface area (Å²) in [7, 11) is 0. The van der Waals surface area contributed by atoms with Crippen LogP contribution >= 0.6 is 0 Å². The van der Waals surface area contributed by atoms with Crippen LogP contribution in [-0.4, -0.2) is 63.1 Å². The number of benzene rings is 2. The summed E-state index contributed by atoms with van der Waals surface area (Å²) in [5, 5.41) is 16.1. The second-order valence-electron chi connectivity index (χ2n) is 7.45. The summed E-state index contributed by atoms with van der Waals surface area (Å²) >= 11 is 0. The van der Waals surface area contributed by atoms with E-state index in [-0.39, 0.29) is 0 Å². The largest absolute Gasteiger partial charge is 0.473 e. The molecule has 158 valence electrons. The first-order chi connectivity index (χ1) is 14.4. The van der Waals surface area contributed by atoms with E-state index in [1.54, 1.807) is 0 Å². The van der Waals surface area contributed by atoms with Crippen LogP contribution < -0.4 is 0 Å². The molecule has 0 aliphatic carbocycles. The molecule has 7 nitrogen and oxygen atoms in total. The predicted octanol–water partition coefficient (Wildman–Crippen LogP) is 2.95. The number of aromatic amines is 1. The Kier molecular flexibility index (Phi) is 7.21. The Bertz CT molecular complexity index is 994. The Morgan fingerprint density at radius 3 is 1.97 bits per heavy atom. The molecule has 3 aromatic rings. The zero-order valence-corrected chi connectivity index (χ0v) is 17.0. The van der Waals surface area contributed by atoms with Crippen molar-refractivity contribution in [2.45, 2.75) is 20.0 Å². The molecule has 1 aliphatic rings. The molecule has 2 aromatic carbocycles. The number of aryl methyl sites for hydroxylation is 1. The normalized spacial score (nSPS) is 14.8. The first kappa shape index (κ1) is 21.5. The van der Waals surface area contributed by atoms with Gasteiger partial charge in [-0.05, 0) is 29.7 Å². The topological polar surface area (TPSA) is 96.9 Å². The number of carboxylic acids is 2. The minimum atomic E-state index is -1.82. The van der Waals surface area contributed by atoms with Crippen LogP contribution in [0, 0.1) is 6.92 Å². The maximum absolute atomic E-state index is 9.10. The van der Waals surface area contributed by atoms with Crippen molar-refractivity contribution >= 4 is 22.8 Å². The molecule has 4 rings (SSSR count). The number of aliphatic carboxylic acids is 2. The Hall–Kier alpha value is -3.16. The quantitative estimate of drug-likeness (QED) is 0.574. The molecule has 0 spiro atoms. The predicted molar refractivity (Wildman–Crippen MR) is 115 cm³/mol. The molecule has 2 heterocycles. The number of hydrogen-bond acceptors (Lipinski definition) is 4. The number of fused-ring (bicyclic) bond motifs is 1. The SMILES string of the molecule is Cc1ccccc1CN1CCN(Cc2c[nH]c3ccccc23)CC1.O=C(O)C(=O)O. The van der Waals surface area contributed by atoms with E-state index < -0.39 is 11.9 Å². The fourth-order valence-corrected chi connectivity index (χ4v) is 3.64. The standard InChI is InChI=1S/C21H25N3.C2H2O4/c1-17-6-2-3-7-18(17)15-23-10-12-24(13-11-23)16-19-14-22-21-9-5-4-8-20(19)21;3-1(4)2(5)6/h2-9,14,22H,10-13,15-16H2,1H3;(H,3,4)(H,5,6). The van der Waals surface area contributed by atoms with E-state index in [1.165, 1.54) is 27.6 Å². The molecule has 0 radical (unpaired) electrons. The summed E-state index contributed by atoms with van der Waals surface area (Å²) in [6.45, 7) is 8.92. The molecule has 1 aliphatic heterocycles. The minimum Gasteiger partial charge on any atom is -0.473 e. The molecular weight excluding hydrogens is 382 g/mol. The van der Waals surface area contributed by atoms with Gasteiger partial charge in [0.1, 0.15) is 0 Å². The van der Waals surface area contributed by atoms with Crippen LogP contribution in [-0.2, 0) is 22.7 Å². The highest BCUT2D eigenvalue weighted by atomic mass is 16.4. The van der Waals surface area contributed by atoms with Gasteiger partial charge in [0.15, 0.2) is 0 Å². The highest BCUT2D eigenvalue weighted by Gasteiger charge is 2.18. The van der Waals surface area contributed by atoms with Gasteiger partial charge in [-0.1, -0.05) is 42.5 Å². The van der Waals surface area contributed by atoms with Crippen molar-refractivity contribution in [2.24, 2.45) is 0 Å². The van der Waals surface area contributed by atoms with Gasteiger partial charge in [0.05, 0.1) is 0 Å². The molecule has 0 amide bonds. The van der Waals surface area contributed by atoms with Crippen LogP contribution in [0.15, 0.2) is 54.7 Å². The number of nitrogens with zero attached hydrogens (tertiary/aromatic N) is 2. The number of carboxylic acid groups (broad SMARTS) is 2. The third-order valence-corrected chi connectivity index (χ3v) is 5.37. The first-order valence-corrected chi connectivity index (χ1v) is 9.94. The van der Waals surface area contributed by atoms with E-state index >= 15 is 0 Å². The van der Waals surface area contributed by atoms with Gasteiger partial charge in [-0.3, -0.25) is 9.80 Å². The summed E-state index contributed by atoms with van der Waals surface area (Å²) in [6, 6.07) is 17.3. The summed E-state index contributed by atoms with van der Waals surface area (Å²) < 4.78 is 0. The fraction of sp³-hybridized carbons (Fsp3) is 0.304. The molecule has 0 atom stereocenters. The number of aromatic nitrogens is 1. The lowest BCUT2D eigenvalue weighted by Crippen LogP contribution is -2.45. The van der Waals surface area contributed by atoms with E-state index in [4.69, 9.17) is 19.8 Å². The Balaban J connectivity index is 0.000000377. The highest BCUT2D eigenvalue weighted by Crippen LogP contribution is 2.20. The van der Waals surface area contributed by atoms with Crippen LogP contribution in [0.4, 0.5) is 0 Å². The lowest BCUT2D eigenvalue weighted by Gasteiger charge is -2.34. The van der Waals surface area contributed by atoms with Gasteiger partial charge < -0.3 is 15.2 Å². The van der Waals surface area contributed by atoms with Gasteiger partial charge in [-0.15, -0.1) is 0 Å². The zero-order valence-electron chi connectivity index (χ0n) is 17.0. The number of nitrogens with one attached hydrogen (secondary N) is 1. The van der Waals surface area contributed by atoms with E-state index in [2.05, 4.69) is 76.4 Å². The van der Waals surface area contributed by atoms with E-state index in [0.29, 0.717) is 0 Å². The van der Waals surface area contributed by atoms with Crippen LogP contribution in [0.2, 0.25) is 0 Å². The first-order valence-electron chi connectivity index (χ1n) is 9.94. The van der Waals surface area contributed by atoms with Crippen molar-refractivity contribution < 1.29 is 19.8 Å². The molecule has 1 aromatic heterocycles. The molecule has 3 N–H and O–H groups in total. The number of rotatable bonds is 4. The number of carbonyl (C=O) groups is 2. The number of piperazine rings is 1. The van der Waals surface area contributed by atoms with Crippen LogP contribution in [0.1, 0.15) is 16.7 Å². The van der Waals surface area contributed by atoms with E-state index in [1.807, 2.05) is 0 Å². The molecule has 7 heteroatoms. The van der Waals surface area contributed by atoms with Gasteiger partial charge in [-0.2, -0.15) is 0 Å². The van der Waals surface area contributed by atoms with Crippen molar-refractivity contribution in [3.8, 4) is 0 Å². The van der Waals surface area contributed by atoms with Gasteiger partial charge in [0, 0.05) is 56.4 Å². The fourth-order valence-electron chi connectivity index (χ4n) is 3.64. The molecular formula is C23H27N3O4. The van der Waals surface area contributed by atoms with Crippen LogP contribution in [0.3, 0.4) is 0 Å². The minimum absolute atomic E-state index is 1.04. The average Bonchev–Trinajstić information content (AvgIpc) is 3.14. The zero-order chi connectivity index (χ0) is 21.5.